The van der Waals surface area contributed by atoms with Crippen LogP contribution in [0.3, 0.4) is 0 Å². The number of carbonyl (C=O) groups excluding carboxylic acids is 2. The van der Waals surface area contributed by atoms with Gasteiger partial charge in [-0.15, -0.1) is 0 Å². The smallest absolute Gasteiger partial charge is 0.313 e. The predicted molar refractivity (Wildman–Crippen MR) is 132 cm³/mol. The van der Waals surface area contributed by atoms with Crippen LogP contribution in [0.4, 0.5) is 11.4 Å². The molecule has 3 aromatic carbocycles. The number of hydrogen-bond acceptors (Lipinski definition) is 4. The lowest BCUT2D eigenvalue weighted by molar-refractivity contribution is -0.136. The van der Waals surface area contributed by atoms with E-state index < -0.39 is 11.8 Å². The Morgan fingerprint density at radius 3 is 2.24 bits per heavy atom. The Balaban J connectivity index is 1.49. The van der Waals surface area contributed by atoms with E-state index in [1.165, 1.54) is 11.1 Å². The van der Waals surface area contributed by atoms with E-state index >= 15 is 0 Å². The lowest BCUT2D eigenvalue weighted by Crippen LogP contribution is -2.43. The molecule has 2 N–H and O–H groups in total. The first-order chi connectivity index (χ1) is 16.0. The van der Waals surface area contributed by atoms with Gasteiger partial charge in [-0.2, -0.15) is 0 Å². The van der Waals surface area contributed by atoms with Crippen molar-refractivity contribution in [3.05, 3.63) is 95.6 Å². The van der Waals surface area contributed by atoms with Crippen LogP contribution in [-0.2, 0) is 22.6 Å². The summed E-state index contributed by atoms with van der Waals surface area (Å²) in [5.41, 5.74) is 5.52. The molecular weight excluding hydrogens is 412 g/mol. The van der Waals surface area contributed by atoms with Crippen molar-refractivity contribution in [3.8, 4) is 0 Å². The van der Waals surface area contributed by atoms with Gasteiger partial charge in [-0.25, -0.2) is 0 Å². The molecule has 0 fully saturated rings. The molecular formula is C27H30N4O2. The van der Waals surface area contributed by atoms with Crippen molar-refractivity contribution in [2.45, 2.75) is 19.0 Å². The van der Waals surface area contributed by atoms with Gasteiger partial charge in [0.15, 0.2) is 0 Å². The van der Waals surface area contributed by atoms with E-state index in [4.69, 9.17) is 0 Å². The highest BCUT2D eigenvalue weighted by atomic mass is 16.2. The molecule has 2 amide bonds. The van der Waals surface area contributed by atoms with Crippen LogP contribution in [0.15, 0.2) is 78.9 Å². The zero-order valence-electron chi connectivity index (χ0n) is 19.1. The third kappa shape index (κ3) is 5.59. The molecule has 4 rings (SSSR count). The van der Waals surface area contributed by atoms with Gasteiger partial charge in [-0.05, 0) is 47.4 Å². The molecule has 1 aliphatic heterocycles. The lowest BCUT2D eigenvalue weighted by atomic mass is 9.96. The standard InChI is InChI=1S/C27H30N4O2/c1-30(2)24-14-12-21(13-15-24)25(31-17-16-20-8-6-7-9-22(20)19-31)18-28-26(32)27(33)29-23-10-4-3-5-11-23/h3-15,25H,16-19H2,1-2H3,(H,28,32)(H,29,33)/t25-/m0/s1. The van der Waals surface area contributed by atoms with Crippen LogP contribution in [0.5, 0.6) is 0 Å². The first kappa shape index (κ1) is 22.6. The second-order valence-electron chi connectivity index (χ2n) is 8.52. The Labute approximate surface area is 195 Å². The Kier molecular flexibility index (Phi) is 7.05. The number of nitrogens with one attached hydrogen (secondary N) is 2. The van der Waals surface area contributed by atoms with Crippen molar-refractivity contribution in [2.75, 3.05) is 37.4 Å². The lowest BCUT2D eigenvalue weighted by Gasteiger charge is -2.36. The number of rotatable bonds is 6. The fourth-order valence-electron chi connectivity index (χ4n) is 4.21. The quantitative estimate of drug-likeness (QED) is 0.573. The number of fused-ring (bicyclic) bond motifs is 1. The Morgan fingerprint density at radius 1 is 0.879 bits per heavy atom. The summed E-state index contributed by atoms with van der Waals surface area (Å²) in [7, 11) is 4.03. The van der Waals surface area contributed by atoms with Crippen molar-refractivity contribution < 1.29 is 9.59 Å². The molecule has 0 saturated carbocycles. The minimum Gasteiger partial charge on any atom is -0.378 e. The first-order valence-electron chi connectivity index (χ1n) is 11.2. The second-order valence-corrected chi connectivity index (χ2v) is 8.52. The maximum absolute atomic E-state index is 12.6. The van der Waals surface area contributed by atoms with Crippen LogP contribution in [0.25, 0.3) is 0 Å². The van der Waals surface area contributed by atoms with E-state index in [2.05, 4.69) is 69.0 Å². The molecule has 0 spiro atoms. The summed E-state index contributed by atoms with van der Waals surface area (Å²) in [5, 5.41) is 5.50. The number of anilines is 2. The van der Waals surface area contributed by atoms with Crippen LogP contribution in [0.2, 0.25) is 0 Å². The average molecular weight is 443 g/mol. The molecule has 0 aromatic heterocycles. The maximum atomic E-state index is 12.6. The summed E-state index contributed by atoms with van der Waals surface area (Å²) in [6, 6.07) is 25.9. The molecule has 1 heterocycles. The summed E-state index contributed by atoms with van der Waals surface area (Å²) in [6.07, 6.45) is 0.963. The highest BCUT2D eigenvalue weighted by Gasteiger charge is 2.26. The summed E-state index contributed by atoms with van der Waals surface area (Å²) < 4.78 is 0. The van der Waals surface area contributed by atoms with E-state index in [9.17, 15) is 9.59 Å². The highest BCUT2D eigenvalue weighted by molar-refractivity contribution is 6.39. The SMILES string of the molecule is CN(C)c1ccc([C@H](CNC(=O)C(=O)Nc2ccccc2)N2CCc3ccccc3C2)cc1. The molecule has 6 heteroatoms. The second kappa shape index (κ2) is 10.3. The fraction of sp³-hybridized carbons (Fsp3) is 0.259. The van der Waals surface area contributed by atoms with E-state index in [-0.39, 0.29) is 6.04 Å². The first-order valence-corrected chi connectivity index (χ1v) is 11.2. The van der Waals surface area contributed by atoms with Crippen LogP contribution in [0, 0.1) is 0 Å². The number of benzene rings is 3. The van der Waals surface area contributed by atoms with Crippen LogP contribution in [-0.4, -0.2) is 43.9 Å². The molecule has 3 aromatic rings. The largest absolute Gasteiger partial charge is 0.378 e. The third-order valence-corrected chi connectivity index (χ3v) is 6.09. The zero-order valence-corrected chi connectivity index (χ0v) is 19.1. The molecule has 33 heavy (non-hydrogen) atoms. The summed E-state index contributed by atoms with van der Waals surface area (Å²) in [6.45, 7) is 2.05. The number of amides is 2. The van der Waals surface area contributed by atoms with Crippen molar-refractivity contribution >= 4 is 23.2 Å². The van der Waals surface area contributed by atoms with Gasteiger partial charge in [0.25, 0.3) is 0 Å². The van der Waals surface area contributed by atoms with Crippen molar-refractivity contribution in [1.29, 1.82) is 0 Å². The Morgan fingerprint density at radius 2 is 1.55 bits per heavy atom. The van der Waals surface area contributed by atoms with Gasteiger partial charge in [0.2, 0.25) is 0 Å². The minimum atomic E-state index is -0.660. The number of nitrogens with zero attached hydrogens (tertiary/aromatic N) is 2. The topological polar surface area (TPSA) is 64.7 Å². The van der Waals surface area contributed by atoms with Gasteiger partial charge >= 0.3 is 11.8 Å². The number of carbonyl (C=O) groups is 2. The van der Waals surface area contributed by atoms with Gasteiger partial charge in [0, 0.05) is 45.1 Å². The predicted octanol–water partition coefficient (Wildman–Crippen LogP) is 3.61. The van der Waals surface area contributed by atoms with E-state index in [1.54, 1.807) is 12.1 Å². The highest BCUT2D eigenvalue weighted by Crippen LogP contribution is 2.28. The van der Waals surface area contributed by atoms with Gasteiger partial charge in [0.05, 0.1) is 6.04 Å². The normalized spacial score (nSPS) is 14.1. The number of para-hydroxylation sites is 1. The molecule has 6 nitrogen and oxygen atoms in total. The maximum Gasteiger partial charge on any atom is 0.313 e. The monoisotopic (exact) mass is 442 g/mol. The summed E-state index contributed by atoms with van der Waals surface area (Å²) >= 11 is 0. The van der Waals surface area contributed by atoms with E-state index in [0.29, 0.717) is 12.2 Å². The van der Waals surface area contributed by atoms with Gasteiger partial charge in [-0.1, -0.05) is 54.6 Å². The molecule has 1 atom stereocenters. The molecule has 1 aliphatic rings. The molecule has 0 aliphatic carbocycles. The zero-order chi connectivity index (χ0) is 23.2. The average Bonchev–Trinajstić information content (AvgIpc) is 2.85. The molecule has 170 valence electrons. The van der Waals surface area contributed by atoms with E-state index in [1.807, 2.05) is 32.3 Å². The van der Waals surface area contributed by atoms with Crippen molar-refractivity contribution in [1.82, 2.24) is 10.2 Å². The van der Waals surface area contributed by atoms with Gasteiger partial charge in [-0.3, -0.25) is 14.5 Å². The van der Waals surface area contributed by atoms with Crippen LogP contribution >= 0.6 is 0 Å². The van der Waals surface area contributed by atoms with Crippen LogP contribution in [0.1, 0.15) is 22.7 Å². The van der Waals surface area contributed by atoms with Crippen LogP contribution < -0.4 is 15.5 Å². The van der Waals surface area contributed by atoms with Crippen molar-refractivity contribution in [2.24, 2.45) is 0 Å². The Hall–Kier alpha value is -3.64. The summed E-state index contributed by atoms with van der Waals surface area (Å²) in [4.78, 5) is 29.4. The summed E-state index contributed by atoms with van der Waals surface area (Å²) in [5.74, 6) is -1.29. The molecule has 0 bridgehead atoms. The minimum absolute atomic E-state index is 0.0388. The number of hydrogen-bond donors (Lipinski definition) is 2. The van der Waals surface area contributed by atoms with Gasteiger partial charge < -0.3 is 15.5 Å². The molecule has 0 unspecified atom stereocenters. The van der Waals surface area contributed by atoms with Crippen molar-refractivity contribution in [3.63, 3.8) is 0 Å². The molecule has 0 radical (unpaired) electrons. The van der Waals surface area contributed by atoms with Gasteiger partial charge in [0.1, 0.15) is 0 Å². The molecule has 0 saturated heterocycles. The third-order valence-electron chi connectivity index (χ3n) is 6.09. The van der Waals surface area contributed by atoms with E-state index in [0.717, 1.165) is 30.8 Å². The Bertz CT molecular complexity index is 1100. The fourth-order valence-corrected chi connectivity index (χ4v) is 4.21.